The van der Waals surface area contributed by atoms with Crippen molar-refractivity contribution in [3.8, 4) is 0 Å². The van der Waals surface area contributed by atoms with Crippen LogP contribution in [0.15, 0.2) is 29.2 Å². The lowest BCUT2D eigenvalue weighted by molar-refractivity contribution is 0.0891. The quantitative estimate of drug-likeness (QED) is 0.806. The highest BCUT2D eigenvalue weighted by molar-refractivity contribution is 7.99. The van der Waals surface area contributed by atoms with Gasteiger partial charge in [0, 0.05) is 18.0 Å². The molecule has 0 aromatic heterocycles. The highest BCUT2D eigenvalue weighted by Gasteiger charge is 2.38. The Morgan fingerprint density at radius 3 is 2.20 bits per heavy atom. The van der Waals surface area contributed by atoms with E-state index in [0.29, 0.717) is 35.3 Å². The summed E-state index contributed by atoms with van der Waals surface area (Å²) >= 11 is 0.472. The van der Waals surface area contributed by atoms with Crippen LogP contribution in [0.25, 0.3) is 0 Å². The van der Waals surface area contributed by atoms with Crippen molar-refractivity contribution in [1.82, 2.24) is 5.32 Å². The van der Waals surface area contributed by atoms with Gasteiger partial charge in [0.1, 0.15) is 0 Å². The average Bonchev–Trinajstić information content (AvgIpc) is 2.14. The van der Waals surface area contributed by atoms with E-state index in [2.05, 4.69) is 5.32 Å². The maximum absolute atomic E-state index is 13.8. The molecule has 0 bridgehead atoms. The standard InChI is InChI=1S/C10H10F3NS/c11-9(12)15-8-3-1-7(2-4-8)10(13)5-14-6-10/h1-4,9,14H,5-6H2. The molecule has 15 heavy (non-hydrogen) atoms. The van der Waals surface area contributed by atoms with Crippen LogP contribution in [-0.2, 0) is 5.67 Å². The van der Waals surface area contributed by atoms with E-state index < -0.39 is 11.4 Å². The predicted octanol–water partition coefficient (Wildman–Crippen LogP) is 2.77. The lowest BCUT2D eigenvalue weighted by Crippen LogP contribution is -2.53. The average molecular weight is 233 g/mol. The van der Waals surface area contributed by atoms with Gasteiger partial charge in [-0.3, -0.25) is 0 Å². The van der Waals surface area contributed by atoms with Crippen LogP contribution in [-0.4, -0.2) is 18.8 Å². The predicted molar refractivity (Wildman–Crippen MR) is 54.0 cm³/mol. The van der Waals surface area contributed by atoms with Crippen LogP contribution < -0.4 is 5.32 Å². The fourth-order valence-corrected chi connectivity index (χ4v) is 1.98. The van der Waals surface area contributed by atoms with E-state index in [0.717, 1.165) is 0 Å². The molecule has 0 aliphatic carbocycles. The van der Waals surface area contributed by atoms with Crippen molar-refractivity contribution in [3.05, 3.63) is 29.8 Å². The summed E-state index contributed by atoms with van der Waals surface area (Å²) in [6.07, 6.45) is 0. The summed E-state index contributed by atoms with van der Waals surface area (Å²) in [7, 11) is 0. The van der Waals surface area contributed by atoms with Gasteiger partial charge in [-0.05, 0) is 17.7 Å². The number of hydrogen-bond donors (Lipinski definition) is 1. The lowest BCUT2D eigenvalue weighted by Gasteiger charge is -2.35. The topological polar surface area (TPSA) is 12.0 Å². The van der Waals surface area contributed by atoms with E-state index in [9.17, 15) is 13.2 Å². The first-order valence-corrected chi connectivity index (χ1v) is 5.43. The fraction of sp³-hybridized carbons (Fsp3) is 0.400. The highest BCUT2D eigenvalue weighted by atomic mass is 32.2. The van der Waals surface area contributed by atoms with E-state index in [1.165, 1.54) is 12.1 Å². The van der Waals surface area contributed by atoms with E-state index in [1.807, 2.05) is 0 Å². The Morgan fingerprint density at radius 1 is 1.20 bits per heavy atom. The number of benzene rings is 1. The summed E-state index contributed by atoms with van der Waals surface area (Å²) in [5.74, 6) is -2.43. The molecule has 1 saturated heterocycles. The first kappa shape index (κ1) is 10.8. The molecule has 0 amide bonds. The molecule has 0 spiro atoms. The Balaban J connectivity index is 2.10. The third kappa shape index (κ3) is 2.29. The summed E-state index contributed by atoms with van der Waals surface area (Å²) in [5, 5.41) is 2.85. The molecule has 1 aromatic carbocycles. The third-order valence-electron chi connectivity index (χ3n) is 2.41. The SMILES string of the molecule is FC(F)Sc1ccc(C2(F)CNC2)cc1. The molecular weight excluding hydrogens is 223 g/mol. The molecule has 1 aromatic rings. The number of alkyl halides is 3. The Morgan fingerprint density at radius 2 is 1.80 bits per heavy atom. The summed E-state index contributed by atoms with van der Waals surface area (Å²) in [6, 6.07) is 6.22. The highest BCUT2D eigenvalue weighted by Crippen LogP contribution is 2.32. The van der Waals surface area contributed by atoms with Crippen LogP contribution in [0.5, 0.6) is 0 Å². The van der Waals surface area contributed by atoms with Crippen LogP contribution in [0.2, 0.25) is 0 Å². The van der Waals surface area contributed by atoms with Crippen LogP contribution in [0, 0.1) is 0 Å². The van der Waals surface area contributed by atoms with Crippen molar-refractivity contribution >= 4 is 11.8 Å². The molecule has 1 aliphatic heterocycles. The maximum Gasteiger partial charge on any atom is 0.288 e. The first-order chi connectivity index (χ1) is 7.10. The second-order valence-electron chi connectivity index (χ2n) is 3.47. The molecule has 1 heterocycles. The normalized spacial score (nSPS) is 18.9. The van der Waals surface area contributed by atoms with Crippen LogP contribution in [0.3, 0.4) is 0 Å². The van der Waals surface area contributed by atoms with Crippen LogP contribution in [0.4, 0.5) is 13.2 Å². The fourth-order valence-electron chi connectivity index (χ4n) is 1.48. The summed E-state index contributed by atoms with van der Waals surface area (Å²) < 4.78 is 37.8. The molecular formula is C10H10F3NS. The number of thioether (sulfide) groups is 1. The summed E-state index contributed by atoms with van der Waals surface area (Å²) in [6.45, 7) is 0.600. The zero-order chi connectivity index (χ0) is 10.9. The lowest BCUT2D eigenvalue weighted by atomic mass is 9.90. The molecule has 0 atom stereocenters. The molecule has 1 aliphatic rings. The van der Waals surface area contributed by atoms with Crippen molar-refractivity contribution in [1.29, 1.82) is 0 Å². The summed E-state index contributed by atoms with van der Waals surface area (Å²) in [5.41, 5.74) is -0.756. The molecule has 0 saturated carbocycles. The van der Waals surface area contributed by atoms with Crippen molar-refractivity contribution in [2.75, 3.05) is 13.1 Å². The van der Waals surface area contributed by atoms with E-state index >= 15 is 0 Å². The van der Waals surface area contributed by atoms with Gasteiger partial charge in [0.2, 0.25) is 0 Å². The largest absolute Gasteiger partial charge is 0.310 e. The zero-order valence-electron chi connectivity index (χ0n) is 7.84. The smallest absolute Gasteiger partial charge is 0.288 e. The number of halogens is 3. The van der Waals surface area contributed by atoms with Gasteiger partial charge < -0.3 is 5.32 Å². The van der Waals surface area contributed by atoms with Crippen molar-refractivity contribution < 1.29 is 13.2 Å². The van der Waals surface area contributed by atoms with E-state index in [4.69, 9.17) is 0 Å². The van der Waals surface area contributed by atoms with Crippen LogP contribution in [0.1, 0.15) is 5.56 Å². The molecule has 82 valence electrons. The van der Waals surface area contributed by atoms with Crippen molar-refractivity contribution in [3.63, 3.8) is 0 Å². The Bertz CT molecular complexity index is 335. The maximum atomic E-state index is 13.8. The molecule has 1 nitrogen and oxygen atoms in total. The monoisotopic (exact) mass is 233 g/mol. The summed E-state index contributed by atoms with van der Waals surface area (Å²) in [4.78, 5) is 0.463. The zero-order valence-corrected chi connectivity index (χ0v) is 8.66. The van der Waals surface area contributed by atoms with E-state index in [1.54, 1.807) is 12.1 Å². The number of rotatable bonds is 3. The molecule has 5 heteroatoms. The Hall–Kier alpha value is -0.680. The second-order valence-corrected chi connectivity index (χ2v) is 4.54. The number of hydrogen-bond acceptors (Lipinski definition) is 2. The molecule has 1 fully saturated rings. The molecule has 1 N–H and O–H groups in total. The van der Waals surface area contributed by atoms with Gasteiger partial charge in [-0.15, -0.1) is 0 Å². The third-order valence-corrected chi connectivity index (χ3v) is 3.13. The Labute approximate surface area is 90.1 Å². The van der Waals surface area contributed by atoms with E-state index in [-0.39, 0.29) is 0 Å². The minimum Gasteiger partial charge on any atom is -0.310 e. The molecule has 0 radical (unpaired) electrons. The van der Waals surface area contributed by atoms with Crippen molar-refractivity contribution in [2.24, 2.45) is 0 Å². The van der Waals surface area contributed by atoms with Gasteiger partial charge in [0.25, 0.3) is 5.76 Å². The molecule has 0 unspecified atom stereocenters. The Kier molecular flexibility index (Phi) is 2.93. The van der Waals surface area contributed by atoms with Crippen LogP contribution >= 0.6 is 11.8 Å². The van der Waals surface area contributed by atoms with Gasteiger partial charge in [-0.2, -0.15) is 8.78 Å². The van der Waals surface area contributed by atoms with Gasteiger partial charge in [0.05, 0.1) is 0 Å². The van der Waals surface area contributed by atoms with Gasteiger partial charge in [0.15, 0.2) is 5.67 Å². The number of nitrogens with one attached hydrogen (secondary N) is 1. The minimum absolute atomic E-state index is 0.300. The second kappa shape index (κ2) is 4.06. The first-order valence-electron chi connectivity index (χ1n) is 4.55. The van der Waals surface area contributed by atoms with Gasteiger partial charge in [-0.1, -0.05) is 23.9 Å². The minimum atomic E-state index is -2.43. The molecule has 2 rings (SSSR count). The van der Waals surface area contributed by atoms with Gasteiger partial charge >= 0.3 is 0 Å². The van der Waals surface area contributed by atoms with Gasteiger partial charge in [-0.25, -0.2) is 4.39 Å². The van der Waals surface area contributed by atoms with Crippen molar-refractivity contribution in [2.45, 2.75) is 16.3 Å².